The van der Waals surface area contributed by atoms with Gasteiger partial charge in [-0.1, -0.05) is 47.5 Å². The molecule has 158 valence electrons. The molecule has 0 atom stereocenters. The van der Waals surface area contributed by atoms with Crippen LogP contribution in [-0.2, 0) is 13.2 Å². The zero-order chi connectivity index (χ0) is 21.8. The van der Waals surface area contributed by atoms with E-state index in [1.165, 1.54) is 22.9 Å². The first-order valence-electron chi connectivity index (χ1n) is 9.23. The Bertz CT molecular complexity index is 1220. The van der Waals surface area contributed by atoms with Gasteiger partial charge in [-0.05, 0) is 42.0 Å². The summed E-state index contributed by atoms with van der Waals surface area (Å²) in [7, 11) is 0. The summed E-state index contributed by atoms with van der Waals surface area (Å²) < 4.78 is 26.0. The molecule has 0 radical (unpaired) electrons. The molecular weight excluding hydrogens is 444 g/mol. The number of hydrogen-bond acceptors (Lipinski definition) is 4. The highest BCUT2D eigenvalue weighted by Gasteiger charge is 2.16. The maximum absolute atomic E-state index is 13.3. The van der Waals surface area contributed by atoms with Gasteiger partial charge >= 0.3 is 0 Å². The van der Waals surface area contributed by atoms with Crippen LogP contribution in [0.15, 0.2) is 71.3 Å². The Labute approximate surface area is 187 Å². The molecule has 0 saturated carbocycles. The van der Waals surface area contributed by atoms with Gasteiger partial charge in [-0.15, -0.1) is 0 Å². The molecule has 0 aliphatic heterocycles. The molecule has 4 rings (SSSR count). The Morgan fingerprint density at radius 2 is 1.94 bits per heavy atom. The van der Waals surface area contributed by atoms with Crippen molar-refractivity contribution in [2.75, 3.05) is 5.32 Å². The summed E-state index contributed by atoms with van der Waals surface area (Å²) in [5.41, 5.74) is 0.714. The number of furan rings is 1. The fourth-order valence-electron chi connectivity index (χ4n) is 2.84. The molecule has 31 heavy (non-hydrogen) atoms. The van der Waals surface area contributed by atoms with Crippen molar-refractivity contribution in [3.63, 3.8) is 0 Å². The van der Waals surface area contributed by atoms with Crippen LogP contribution in [0, 0.1) is 5.82 Å². The Morgan fingerprint density at radius 1 is 1.10 bits per heavy atom. The Hall–Kier alpha value is -3.29. The maximum Gasteiger partial charge on any atom is 0.292 e. The first-order chi connectivity index (χ1) is 15.0. The molecule has 4 aromatic rings. The van der Waals surface area contributed by atoms with E-state index in [2.05, 4.69) is 10.4 Å². The number of carbonyl (C=O) groups is 1. The topological polar surface area (TPSA) is 69.3 Å². The Morgan fingerprint density at radius 3 is 2.74 bits per heavy atom. The molecule has 9 heteroatoms. The van der Waals surface area contributed by atoms with Gasteiger partial charge in [-0.25, -0.2) is 4.39 Å². The van der Waals surface area contributed by atoms with Crippen molar-refractivity contribution in [2.24, 2.45) is 0 Å². The summed E-state index contributed by atoms with van der Waals surface area (Å²) in [6, 6.07) is 16.4. The number of halogens is 3. The van der Waals surface area contributed by atoms with E-state index in [1.807, 2.05) is 0 Å². The second-order valence-corrected chi connectivity index (χ2v) is 7.41. The van der Waals surface area contributed by atoms with Crippen LogP contribution in [0.5, 0.6) is 5.75 Å². The smallest absolute Gasteiger partial charge is 0.292 e. The lowest BCUT2D eigenvalue weighted by Gasteiger charge is -2.05. The SMILES string of the molecule is O=C(Nc1nn(Cc2cccc(F)c2)cc1Cl)c1ccc(COc2ccccc2Cl)o1. The monoisotopic (exact) mass is 459 g/mol. The number of hydrogen-bond donors (Lipinski definition) is 1. The number of carbonyl (C=O) groups excluding carboxylic acids is 1. The lowest BCUT2D eigenvalue weighted by molar-refractivity contribution is 0.0992. The van der Waals surface area contributed by atoms with E-state index in [-0.39, 0.29) is 29.0 Å². The second kappa shape index (κ2) is 9.24. The van der Waals surface area contributed by atoms with Crippen molar-refractivity contribution in [1.82, 2.24) is 9.78 Å². The zero-order valence-electron chi connectivity index (χ0n) is 16.0. The summed E-state index contributed by atoms with van der Waals surface area (Å²) in [6.45, 7) is 0.414. The van der Waals surface area contributed by atoms with E-state index in [4.69, 9.17) is 32.4 Å². The molecule has 0 fully saturated rings. The van der Waals surface area contributed by atoms with Gasteiger partial charge in [0.15, 0.2) is 11.6 Å². The molecule has 0 unspecified atom stereocenters. The normalized spacial score (nSPS) is 10.8. The minimum Gasteiger partial charge on any atom is -0.484 e. The first kappa shape index (κ1) is 21.0. The number of aromatic nitrogens is 2. The van der Waals surface area contributed by atoms with Crippen LogP contribution in [0.2, 0.25) is 10.0 Å². The third-order valence-electron chi connectivity index (χ3n) is 4.27. The Kier molecular flexibility index (Phi) is 6.25. The van der Waals surface area contributed by atoms with Crippen molar-refractivity contribution < 1.29 is 18.3 Å². The minimum atomic E-state index is -0.512. The van der Waals surface area contributed by atoms with E-state index < -0.39 is 5.91 Å². The number of benzene rings is 2. The molecule has 0 bridgehead atoms. The van der Waals surface area contributed by atoms with Crippen molar-refractivity contribution >= 4 is 34.9 Å². The molecule has 2 aromatic heterocycles. The molecule has 0 spiro atoms. The molecule has 0 aliphatic carbocycles. The highest BCUT2D eigenvalue weighted by Crippen LogP contribution is 2.25. The van der Waals surface area contributed by atoms with Gasteiger partial charge in [0, 0.05) is 6.20 Å². The van der Waals surface area contributed by atoms with E-state index in [9.17, 15) is 9.18 Å². The lowest BCUT2D eigenvalue weighted by Crippen LogP contribution is -2.12. The predicted molar refractivity (Wildman–Crippen MR) is 115 cm³/mol. The average molecular weight is 460 g/mol. The fraction of sp³-hybridized carbons (Fsp3) is 0.0909. The van der Waals surface area contributed by atoms with E-state index in [1.54, 1.807) is 48.7 Å². The highest BCUT2D eigenvalue weighted by molar-refractivity contribution is 6.33. The first-order valence-corrected chi connectivity index (χ1v) is 9.98. The number of para-hydroxylation sites is 1. The summed E-state index contributed by atoms with van der Waals surface area (Å²) in [6.07, 6.45) is 1.55. The molecule has 6 nitrogen and oxygen atoms in total. The van der Waals surface area contributed by atoms with Crippen LogP contribution < -0.4 is 10.1 Å². The molecule has 0 saturated heterocycles. The van der Waals surface area contributed by atoms with Gasteiger partial charge in [0.05, 0.1) is 11.6 Å². The van der Waals surface area contributed by atoms with Gasteiger partial charge in [-0.3, -0.25) is 9.48 Å². The molecule has 1 N–H and O–H groups in total. The van der Waals surface area contributed by atoms with Crippen LogP contribution in [0.4, 0.5) is 10.2 Å². The van der Waals surface area contributed by atoms with E-state index >= 15 is 0 Å². The lowest BCUT2D eigenvalue weighted by atomic mass is 10.2. The quantitative estimate of drug-likeness (QED) is 0.379. The predicted octanol–water partition coefficient (Wildman–Crippen LogP) is 5.80. The van der Waals surface area contributed by atoms with Gasteiger partial charge in [-0.2, -0.15) is 5.10 Å². The number of ether oxygens (including phenoxy) is 1. The van der Waals surface area contributed by atoms with E-state index in [0.29, 0.717) is 28.6 Å². The summed E-state index contributed by atoms with van der Waals surface area (Å²) in [4.78, 5) is 12.5. The fourth-order valence-corrected chi connectivity index (χ4v) is 3.23. The maximum atomic E-state index is 13.3. The van der Waals surface area contributed by atoms with Gasteiger partial charge in [0.25, 0.3) is 5.91 Å². The van der Waals surface area contributed by atoms with Gasteiger partial charge in [0.1, 0.15) is 29.0 Å². The van der Waals surface area contributed by atoms with Crippen molar-refractivity contribution in [1.29, 1.82) is 0 Å². The third kappa shape index (κ3) is 5.25. The van der Waals surface area contributed by atoms with Crippen molar-refractivity contribution in [2.45, 2.75) is 13.2 Å². The van der Waals surface area contributed by atoms with Gasteiger partial charge in [0.2, 0.25) is 0 Å². The van der Waals surface area contributed by atoms with Crippen molar-refractivity contribution in [3.8, 4) is 5.75 Å². The number of amides is 1. The van der Waals surface area contributed by atoms with Crippen LogP contribution in [0.1, 0.15) is 21.9 Å². The number of anilines is 1. The molecular formula is C22H16Cl2FN3O3. The largest absolute Gasteiger partial charge is 0.484 e. The molecule has 0 aliphatic rings. The van der Waals surface area contributed by atoms with Crippen LogP contribution in [0.3, 0.4) is 0 Å². The summed E-state index contributed by atoms with van der Waals surface area (Å²) in [5, 5.41) is 7.58. The number of rotatable bonds is 7. The number of nitrogens with one attached hydrogen (secondary N) is 1. The van der Waals surface area contributed by atoms with E-state index in [0.717, 1.165) is 0 Å². The second-order valence-electron chi connectivity index (χ2n) is 6.59. The van der Waals surface area contributed by atoms with Crippen LogP contribution in [-0.4, -0.2) is 15.7 Å². The summed E-state index contributed by atoms with van der Waals surface area (Å²) in [5.74, 6) is 0.371. The molecule has 2 aromatic carbocycles. The zero-order valence-corrected chi connectivity index (χ0v) is 17.5. The molecule has 2 heterocycles. The minimum absolute atomic E-state index is 0.0773. The standard InChI is InChI=1S/C22H16Cl2FN3O3/c23-17-6-1-2-7-19(17)30-13-16-8-9-20(31-16)22(29)26-21-18(24)12-28(27-21)11-14-4-3-5-15(25)10-14/h1-10,12H,11,13H2,(H,26,27,29). The van der Waals surface area contributed by atoms with Crippen LogP contribution in [0.25, 0.3) is 0 Å². The van der Waals surface area contributed by atoms with Gasteiger partial charge < -0.3 is 14.5 Å². The van der Waals surface area contributed by atoms with Crippen molar-refractivity contribution in [3.05, 3.63) is 99.8 Å². The van der Waals surface area contributed by atoms with Crippen LogP contribution >= 0.6 is 23.2 Å². The summed E-state index contributed by atoms with van der Waals surface area (Å²) >= 11 is 12.2. The third-order valence-corrected chi connectivity index (χ3v) is 4.86. The average Bonchev–Trinajstić information content (AvgIpc) is 3.34. The number of nitrogens with zero attached hydrogens (tertiary/aromatic N) is 2. The molecule has 1 amide bonds. The Balaban J connectivity index is 1.38. The highest BCUT2D eigenvalue weighted by atomic mass is 35.5.